The van der Waals surface area contributed by atoms with Crippen LogP contribution in [-0.2, 0) is 0 Å². The van der Waals surface area contributed by atoms with Crippen LogP contribution < -0.4 is 11.1 Å². The van der Waals surface area contributed by atoms with E-state index in [0.29, 0.717) is 12.8 Å². The van der Waals surface area contributed by atoms with Gasteiger partial charge in [0.05, 0.1) is 6.17 Å². The number of rotatable bonds is 4. The second kappa shape index (κ2) is 4.73. The maximum absolute atomic E-state index is 8.94. The molecule has 0 amide bonds. The van der Waals surface area contributed by atoms with Gasteiger partial charge in [-0.2, -0.15) is 0 Å². The van der Waals surface area contributed by atoms with Gasteiger partial charge in [0.2, 0.25) is 0 Å². The highest BCUT2D eigenvalue weighted by Gasteiger charge is 2.02. The van der Waals surface area contributed by atoms with E-state index in [1.54, 1.807) is 0 Å². The van der Waals surface area contributed by atoms with Crippen LogP contribution in [0.3, 0.4) is 0 Å². The Kier molecular flexibility index (Phi) is 4.67. The van der Waals surface area contributed by atoms with E-state index in [4.69, 9.17) is 10.8 Å². The van der Waals surface area contributed by atoms with Crippen LogP contribution in [0.25, 0.3) is 0 Å². The predicted molar refractivity (Wildman–Crippen MR) is 37.4 cm³/mol. The average molecular weight is 131 g/mol. The molecule has 9 heavy (non-hydrogen) atoms. The third kappa shape index (κ3) is 4.39. The second-order valence-electron chi connectivity index (χ2n) is 1.99. The maximum Gasteiger partial charge on any atom is 0.105 e. The summed E-state index contributed by atoms with van der Waals surface area (Å²) in [4.78, 5) is 0. The Morgan fingerprint density at radius 1 is 1.78 bits per heavy atom. The monoisotopic (exact) mass is 131 g/mol. The largest absolute Gasteiger partial charge is 0.379 e. The van der Waals surface area contributed by atoms with Crippen LogP contribution in [0.1, 0.15) is 19.8 Å². The topological polar surface area (TPSA) is 58.3 Å². The van der Waals surface area contributed by atoms with E-state index in [2.05, 4.69) is 12.2 Å². The molecule has 0 aliphatic carbocycles. The highest BCUT2D eigenvalue weighted by atomic mass is 16.3. The van der Waals surface area contributed by atoms with E-state index in [1.165, 1.54) is 0 Å². The lowest BCUT2D eigenvalue weighted by atomic mass is 10.3. The molecule has 0 fully saturated rings. The normalized spacial score (nSPS) is 17.3. The number of hydrogen-bond acceptors (Lipinski definition) is 3. The van der Waals surface area contributed by atoms with Gasteiger partial charge < -0.3 is 10.8 Å². The molecule has 3 nitrogen and oxygen atoms in total. The van der Waals surface area contributed by atoms with Crippen molar-refractivity contribution in [1.82, 2.24) is 5.32 Å². The minimum absolute atomic E-state index is 0.181. The molecule has 3 heteroatoms. The summed E-state index contributed by atoms with van der Waals surface area (Å²) in [6, 6.07) is 0. The van der Waals surface area contributed by atoms with Gasteiger partial charge in [0, 0.05) is 0 Å². The SMILES string of the molecule is [CH2]CC(N)NC(O)CC. The third-order valence-electron chi connectivity index (χ3n) is 1.10. The molecule has 0 spiro atoms. The van der Waals surface area contributed by atoms with Gasteiger partial charge in [-0.3, -0.25) is 5.32 Å². The molecular weight excluding hydrogens is 116 g/mol. The van der Waals surface area contributed by atoms with Gasteiger partial charge >= 0.3 is 0 Å². The van der Waals surface area contributed by atoms with Crippen molar-refractivity contribution in [2.75, 3.05) is 0 Å². The minimum atomic E-state index is -0.484. The molecule has 2 unspecified atom stereocenters. The first kappa shape index (κ1) is 8.88. The van der Waals surface area contributed by atoms with E-state index < -0.39 is 6.23 Å². The first-order chi connectivity index (χ1) is 4.20. The van der Waals surface area contributed by atoms with Gasteiger partial charge in [-0.25, -0.2) is 0 Å². The summed E-state index contributed by atoms with van der Waals surface area (Å²) < 4.78 is 0. The van der Waals surface area contributed by atoms with Crippen LogP contribution in [0.4, 0.5) is 0 Å². The first-order valence-corrected chi connectivity index (χ1v) is 3.19. The van der Waals surface area contributed by atoms with Gasteiger partial charge in [-0.15, -0.1) is 0 Å². The summed E-state index contributed by atoms with van der Waals surface area (Å²) in [5.41, 5.74) is 5.42. The number of hydrogen-bond donors (Lipinski definition) is 3. The van der Waals surface area contributed by atoms with Gasteiger partial charge in [-0.05, 0) is 12.8 Å². The molecule has 0 heterocycles. The maximum atomic E-state index is 8.94. The quantitative estimate of drug-likeness (QED) is 0.464. The zero-order valence-corrected chi connectivity index (χ0v) is 5.80. The molecule has 0 saturated heterocycles. The Balaban J connectivity index is 3.22. The molecule has 1 radical (unpaired) electrons. The van der Waals surface area contributed by atoms with E-state index in [9.17, 15) is 0 Å². The van der Waals surface area contributed by atoms with E-state index in [0.717, 1.165) is 0 Å². The number of nitrogens with two attached hydrogens (primary N) is 1. The molecule has 0 bridgehead atoms. The van der Waals surface area contributed by atoms with Crippen LogP contribution >= 0.6 is 0 Å². The van der Waals surface area contributed by atoms with Crippen molar-refractivity contribution in [3.8, 4) is 0 Å². The summed E-state index contributed by atoms with van der Waals surface area (Å²) >= 11 is 0. The van der Waals surface area contributed by atoms with Crippen LogP contribution in [-0.4, -0.2) is 17.5 Å². The lowest BCUT2D eigenvalue weighted by molar-refractivity contribution is 0.119. The summed E-state index contributed by atoms with van der Waals surface area (Å²) in [5.74, 6) is 0. The average Bonchev–Trinajstić information content (AvgIpc) is 1.87. The molecular formula is C6H15N2O. The van der Waals surface area contributed by atoms with Crippen LogP contribution in [0.2, 0.25) is 0 Å². The molecule has 2 atom stereocenters. The van der Waals surface area contributed by atoms with Crippen molar-refractivity contribution in [2.24, 2.45) is 5.73 Å². The fraction of sp³-hybridized carbons (Fsp3) is 0.833. The second-order valence-corrected chi connectivity index (χ2v) is 1.99. The number of nitrogens with one attached hydrogen (secondary N) is 1. The van der Waals surface area contributed by atoms with Crippen molar-refractivity contribution < 1.29 is 5.11 Å². The summed E-state index contributed by atoms with van der Waals surface area (Å²) in [6.07, 6.45) is 0.604. The Morgan fingerprint density at radius 2 is 2.33 bits per heavy atom. The fourth-order valence-electron chi connectivity index (χ4n) is 0.448. The Hall–Kier alpha value is -0.120. The van der Waals surface area contributed by atoms with Gasteiger partial charge in [0.25, 0.3) is 0 Å². The summed E-state index contributed by atoms with van der Waals surface area (Å²) in [5, 5.41) is 11.7. The fourth-order valence-corrected chi connectivity index (χ4v) is 0.448. The van der Waals surface area contributed by atoms with E-state index in [1.807, 2.05) is 6.92 Å². The van der Waals surface area contributed by atoms with Gasteiger partial charge in [0.1, 0.15) is 6.23 Å². The highest BCUT2D eigenvalue weighted by Crippen LogP contribution is 1.86. The van der Waals surface area contributed by atoms with Crippen molar-refractivity contribution in [3.05, 3.63) is 6.92 Å². The Labute approximate surface area is 56.2 Å². The zero-order valence-electron chi connectivity index (χ0n) is 5.80. The van der Waals surface area contributed by atoms with Crippen molar-refractivity contribution in [3.63, 3.8) is 0 Å². The summed E-state index contributed by atoms with van der Waals surface area (Å²) in [7, 11) is 0. The molecule has 55 valence electrons. The molecule has 0 aromatic heterocycles. The van der Waals surface area contributed by atoms with Crippen molar-refractivity contribution >= 4 is 0 Å². The molecule has 0 saturated carbocycles. The molecule has 0 aromatic rings. The predicted octanol–water partition coefficient (Wildman–Crippen LogP) is -0.187. The van der Waals surface area contributed by atoms with Crippen LogP contribution in [0.15, 0.2) is 0 Å². The smallest absolute Gasteiger partial charge is 0.105 e. The molecule has 0 aliphatic rings. The lowest BCUT2D eigenvalue weighted by Gasteiger charge is -2.15. The standard InChI is InChI=1S/C6H15N2O/c1-3-5(7)8-6(9)4-2/h5-6,8-9H,1,3-4,7H2,2H3. The zero-order chi connectivity index (χ0) is 7.28. The third-order valence-corrected chi connectivity index (χ3v) is 1.10. The van der Waals surface area contributed by atoms with E-state index in [-0.39, 0.29) is 6.17 Å². The minimum Gasteiger partial charge on any atom is -0.379 e. The van der Waals surface area contributed by atoms with Gasteiger partial charge in [0.15, 0.2) is 0 Å². The van der Waals surface area contributed by atoms with Crippen molar-refractivity contribution in [2.45, 2.75) is 32.2 Å². The molecule has 0 rings (SSSR count). The van der Waals surface area contributed by atoms with Crippen LogP contribution in [0, 0.1) is 6.92 Å². The Morgan fingerprint density at radius 3 is 2.67 bits per heavy atom. The molecule has 4 N–H and O–H groups in total. The van der Waals surface area contributed by atoms with Crippen LogP contribution in [0.5, 0.6) is 0 Å². The first-order valence-electron chi connectivity index (χ1n) is 3.19. The van der Waals surface area contributed by atoms with E-state index >= 15 is 0 Å². The van der Waals surface area contributed by atoms with Crippen molar-refractivity contribution in [1.29, 1.82) is 0 Å². The summed E-state index contributed by atoms with van der Waals surface area (Å²) in [6.45, 7) is 5.46. The lowest BCUT2D eigenvalue weighted by Crippen LogP contribution is -2.43. The molecule has 0 aromatic carbocycles. The number of aliphatic hydroxyl groups is 1. The molecule has 0 aliphatic heterocycles. The number of aliphatic hydroxyl groups excluding tert-OH is 1. The van der Waals surface area contributed by atoms with Gasteiger partial charge in [-0.1, -0.05) is 13.8 Å². The highest BCUT2D eigenvalue weighted by molar-refractivity contribution is 4.60. The Bertz CT molecular complexity index is 60.1.